The standard InChI is InChI=1S/C25H22ClN3O6S/c1-15(25(34)35)28-29(22(31)10-8-19-6-3-11-36-19)24(33)20-9-7-17(13-21(20)26)23(32)27-14-16-4-2-5-18(30)12-16/h2-13,15,28,30H,14H2,1H3,(H,27,32)(H,34,35)/t15-/m0/s1. The number of thiophene rings is 1. The van der Waals surface area contributed by atoms with Crippen LogP contribution in [0.15, 0.2) is 66.1 Å². The number of rotatable bonds is 9. The van der Waals surface area contributed by atoms with E-state index in [0.29, 0.717) is 10.6 Å². The van der Waals surface area contributed by atoms with Crippen molar-refractivity contribution in [1.29, 1.82) is 0 Å². The number of aromatic hydroxyl groups is 1. The zero-order chi connectivity index (χ0) is 26.2. The maximum atomic E-state index is 13.2. The van der Waals surface area contributed by atoms with Gasteiger partial charge in [-0.05, 0) is 60.3 Å². The number of benzene rings is 2. The summed E-state index contributed by atoms with van der Waals surface area (Å²) in [5, 5.41) is 23.7. The summed E-state index contributed by atoms with van der Waals surface area (Å²) in [6, 6.07) is 12.6. The average Bonchev–Trinajstić information content (AvgIpc) is 3.37. The van der Waals surface area contributed by atoms with Gasteiger partial charge in [-0.25, -0.2) is 10.4 Å². The lowest BCUT2D eigenvalue weighted by atomic mass is 10.1. The lowest BCUT2D eigenvalue weighted by Gasteiger charge is -2.23. The van der Waals surface area contributed by atoms with E-state index in [-0.39, 0.29) is 28.4 Å². The van der Waals surface area contributed by atoms with E-state index >= 15 is 0 Å². The highest BCUT2D eigenvalue weighted by atomic mass is 35.5. The van der Waals surface area contributed by atoms with Crippen LogP contribution >= 0.6 is 22.9 Å². The van der Waals surface area contributed by atoms with Crippen molar-refractivity contribution in [2.24, 2.45) is 0 Å². The van der Waals surface area contributed by atoms with Gasteiger partial charge in [-0.1, -0.05) is 29.8 Å². The van der Waals surface area contributed by atoms with Crippen molar-refractivity contribution in [3.8, 4) is 5.75 Å². The second-order valence-corrected chi connectivity index (χ2v) is 8.95. The minimum atomic E-state index is -1.27. The van der Waals surface area contributed by atoms with Crippen molar-refractivity contribution in [2.75, 3.05) is 0 Å². The molecule has 36 heavy (non-hydrogen) atoms. The summed E-state index contributed by atoms with van der Waals surface area (Å²) in [4.78, 5) is 50.6. The molecule has 4 N–H and O–H groups in total. The summed E-state index contributed by atoms with van der Waals surface area (Å²) in [5.41, 5.74) is 3.12. The first-order chi connectivity index (χ1) is 17.2. The minimum absolute atomic E-state index is 0.0721. The summed E-state index contributed by atoms with van der Waals surface area (Å²) in [7, 11) is 0. The fraction of sp³-hybridized carbons (Fsp3) is 0.120. The van der Waals surface area contributed by atoms with Gasteiger partial charge in [-0.2, -0.15) is 0 Å². The second kappa shape index (κ2) is 12.1. The number of hydrogen-bond donors (Lipinski definition) is 4. The van der Waals surface area contributed by atoms with Gasteiger partial charge in [-0.3, -0.25) is 19.2 Å². The van der Waals surface area contributed by atoms with Crippen molar-refractivity contribution < 1.29 is 29.4 Å². The number of carbonyl (C=O) groups excluding carboxylic acids is 3. The number of phenolic OH excluding ortho intramolecular Hbond substituents is 1. The predicted octanol–water partition coefficient (Wildman–Crippen LogP) is 3.70. The summed E-state index contributed by atoms with van der Waals surface area (Å²) in [6.07, 6.45) is 2.64. The van der Waals surface area contributed by atoms with Crippen molar-refractivity contribution in [1.82, 2.24) is 15.8 Å². The number of carbonyl (C=O) groups is 4. The number of imide groups is 1. The quantitative estimate of drug-likeness (QED) is 0.246. The Morgan fingerprint density at radius 3 is 2.53 bits per heavy atom. The molecule has 1 atom stereocenters. The molecule has 0 spiro atoms. The zero-order valence-corrected chi connectivity index (χ0v) is 20.5. The van der Waals surface area contributed by atoms with Crippen LogP contribution in [0.5, 0.6) is 5.75 Å². The minimum Gasteiger partial charge on any atom is -0.508 e. The molecule has 0 saturated heterocycles. The van der Waals surface area contributed by atoms with Crippen LogP contribution in [0.4, 0.5) is 0 Å². The molecular formula is C25H22ClN3O6S. The Balaban J connectivity index is 1.78. The van der Waals surface area contributed by atoms with Crippen LogP contribution in [-0.2, 0) is 16.1 Å². The molecule has 0 fully saturated rings. The van der Waals surface area contributed by atoms with Crippen LogP contribution in [0.25, 0.3) is 6.08 Å². The number of halogens is 1. The van der Waals surface area contributed by atoms with E-state index in [1.165, 1.54) is 54.7 Å². The van der Waals surface area contributed by atoms with Gasteiger partial charge in [-0.15, -0.1) is 11.3 Å². The molecule has 0 aliphatic carbocycles. The van der Waals surface area contributed by atoms with Gasteiger partial charge >= 0.3 is 5.97 Å². The molecule has 9 nitrogen and oxygen atoms in total. The average molecular weight is 528 g/mol. The van der Waals surface area contributed by atoms with E-state index in [1.807, 2.05) is 5.38 Å². The number of amides is 3. The van der Waals surface area contributed by atoms with Crippen LogP contribution < -0.4 is 10.7 Å². The lowest BCUT2D eigenvalue weighted by Crippen LogP contribution is -2.52. The maximum Gasteiger partial charge on any atom is 0.322 e. The zero-order valence-electron chi connectivity index (χ0n) is 19.0. The molecule has 1 heterocycles. The molecule has 0 aliphatic rings. The second-order valence-electron chi connectivity index (χ2n) is 7.56. The first-order valence-electron chi connectivity index (χ1n) is 10.6. The highest BCUT2D eigenvalue weighted by molar-refractivity contribution is 7.10. The number of aliphatic carboxylic acids is 1. The van der Waals surface area contributed by atoms with Crippen molar-refractivity contribution in [3.05, 3.63) is 92.6 Å². The molecule has 1 aromatic heterocycles. The van der Waals surface area contributed by atoms with E-state index in [0.717, 1.165) is 11.0 Å². The van der Waals surface area contributed by atoms with Gasteiger partial charge in [0.25, 0.3) is 17.7 Å². The maximum absolute atomic E-state index is 13.2. The summed E-state index contributed by atoms with van der Waals surface area (Å²) >= 11 is 7.66. The van der Waals surface area contributed by atoms with Crippen LogP contribution in [0, 0.1) is 0 Å². The number of phenols is 1. The highest BCUT2D eigenvalue weighted by Gasteiger charge is 2.27. The third kappa shape index (κ3) is 7.01. The van der Waals surface area contributed by atoms with Gasteiger partial charge in [0.05, 0.1) is 10.6 Å². The van der Waals surface area contributed by atoms with Crippen molar-refractivity contribution in [3.63, 3.8) is 0 Å². The smallest absolute Gasteiger partial charge is 0.322 e. The molecule has 3 aromatic rings. The molecule has 3 amide bonds. The molecule has 2 aromatic carbocycles. The molecule has 3 rings (SSSR count). The van der Waals surface area contributed by atoms with Gasteiger partial charge in [0, 0.05) is 23.1 Å². The van der Waals surface area contributed by atoms with Crippen LogP contribution in [0.2, 0.25) is 5.02 Å². The van der Waals surface area contributed by atoms with E-state index in [2.05, 4.69) is 10.7 Å². The molecule has 0 bridgehead atoms. The number of carboxylic acid groups (broad SMARTS) is 1. The van der Waals surface area contributed by atoms with E-state index in [4.69, 9.17) is 11.6 Å². The summed E-state index contributed by atoms with van der Waals surface area (Å²) in [6.45, 7) is 1.43. The molecule has 11 heteroatoms. The predicted molar refractivity (Wildman–Crippen MR) is 135 cm³/mol. The molecule has 186 valence electrons. The fourth-order valence-corrected chi connectivity index (χ4v) is 3.87. The number of carboxylic acids is 1. The number of hydrogen-bond acceptors (Lipinski definition) is 7. The Morgan fingerprint density at radius 2 is 1.89 bits per heavy atom. The highest BCUT2D eigenvalue weighted by Crippen LogP contribution is 2.21. The number of hydrazine groups is 1. The normalized spacial score (nSPS) is 11.7. The molecular weight excluding hydrogens is 506 g/mol. The Hall–Kier alpha value is -3.99. The Bertz CT molecular complexity index is 1310. The lowest BCUT2D eigenvalue weighted by molar-refractivity contribution is -0.141. The van der Waals surface area contributed by atoms with Crippen molar-refractivity contribution in [2.45, 2.75) is 19.5 Å². The number of nitrogens with one attached hydrogen (secondary N) is 2. The molecule has 0 saturated carbocycles. The first kappa shape index (κ1) is 26.6. The first-order valence-corrected chi connectivity index (χ1v) is 11.9. The third-order valence-electron chi connectivity index (χ3n) is 4.88. The molecule has 0 aliphatic heterocycles. The monoisotopic (exact) mass is 527 g/mol. The Morgan fingerprint density at radius 1 is 1.11 bits per heavy atom. The Labute approximate surface area is 215 Å². The van der Waals surface area contributed by atoms with E-state index < -0.39 is 29.7 Å². The molecule has 0 unspecified atom stereocenters. The molecule has 0 radical (unpaired) electrons. The largest absolute Gasteiger partial charge is 0.508 e. The van der Waals surface area contributed by atoms with Crippen LogP contribution in [-0.4, -0.2) is 45.0 Å². The van der Waals surface area contributed by atoms with Gasteiger partial charge in [0.2, 0.25) is 0 Å². The van der Waals surface area contributed by atoms with E-state index in [9.17, 15) is 29.4 Å². The van der Waals surface area contributed by atoms with Crippen molar-refractivity contribution >= 4 is 52.7 Å². The van der Waals surface area contributed by atoms with Crippen LogP contribution in [0.1, 0.15) is 38.1 Å². The Kier molecular flexibility index (Phi) is 8.96. The number of nitrogens with zero attached hydrogens (tertiary/aromatic N) is 1. The van der Waals surface area contributed by atoms with Gasteiger partial charge in [0.15, 0.2) is 0 Å². The third-order valence-corrected chi connectivity index (χ3v) is 6.03. The van der Waals surface area contributed by atoms with Gasteiger partial charge in [0.1, 0.15) is 11.8 Å². The van der Waals surface area contributed by atoms with Gasteiger partial charge < -0.3 is 15.5 Å². The summed E-state index contributed by atoms with van der Waals surface area (Å²) < 4.78 is 0. The van der Waals surface area contributed by atoms with E-state index in [1.54, 1.807) is 24.3 Å². The van der Waals surface area contributed by atoms with Crippen LogP contribution in [0.3, 0.4) is 0 Å². The topological polar surface area (TPSA) is 136 Å². The SMILES string of the molecule is C[C@H](NN(C(=O)C=Cc1cccs1)C(=O)c1ccc(C(=O)NCc2cccc(O)c2)cc1Cl)C(=O)O. The summed E-state index contributed by atoms with van der Waals surface area (Å²) in [5.74, 6) is -3.36. The fourth-order valence-electron chi connectivity index (χ4n) is 2.99.